The van der Waals surface area contributed by atoms with Gasteiger partial charge in [-0.25, -0.2) is 8.42 Å². The van der Waals surface area contributed by atoms with Crippen LogP contribution in [0.2, 0.25) is 0 Å². The van der Waals surface area contributed by atoms with E-state index in [9.17, 15) is 18.0 Å². The lowest BCUT2D eigenvalue weighted by Gasteiger charge is -2.29. The molecule has 2 aromatic carbocycles. The van der Waals surface area contributed by atoms with Crippen LogP contribution in [-0.2, 0) is 26.2 Å². The fourth-order valence-corrected chi connectivity index (χ4v) is 5.12. The lowest BCUT2D eigenvalue weighted by molar-refractivity contribution is -0.140. The predicted octanol–water partition coefficient (Wildman–Crippen LogP) is 4.34. The fourth-order valence-electron chi connectivity index (χ4n) is 3.72. The van der Waals surface area contributed by atoms with E-state index in [-0.39, 0.29) is 31.3 Å². The first-order valence-electron chi connectivity index (χ1n) is 12.0. The van der Waals surface area contributed by atoms with Gasteiger partial charge in [-0.2, -0.15) is 0 Å². The SMILES string of the molecule is CCCCNC(=O)C(C)N(Cc1cccc(Br)c1)C(=O)CCCN(c1cccc(OC)c1)S(C)(=O)=O. The van der Waals surface area contributed by atoms with Gasteiger partial charge in [-0.05, 0) is 49.6 Å². The monoisotopic (exact) mass is 581 g/mol. The van der Waals surface area contributed by atoms with Crippen molar-refractivity contribution >= 4 is 43.5 Å². The summed E-state index contributed by atoms with van der Waals surface area (Å²) < 4.78 is 32.3. The summed E-state index contributed by atoms with van der Waals surface area (Å²) >= 11 is 3.45. The van der Waals surface area contributed by atoms with Crippen LogP contribution >= 0.6 is 15.9 Å². The molecule has 198 valence electrons. The Hall–Kier alpha value is -2.59. The maximum Gasteiger partial charge on any atom is 0.242 e. The molecular formula is C26H36BrN3O5S. The second kappa shape index (κ2) is 14.2. The van der Waals surface area contributed by atoms with E-state index in [0.717, 1.165) is 29.1 Å². The van der Waals surface area contributed by atoms with Gasteiger partial charge >= 0.3 is 0 Å². The number of nitrogens with one attached hydrogen (secondary N) is 1. The molecule has 0 bridgehead atoms. The average Bonchev–Trinajstić information content (AvgIpc) is 2.84. The first kappa shape index (κ1) is 29.6. The Kier molecular flexibility index (Phi) is 11.7. The van der Waals surface area contributed by atoms with Crippen molar-refractivity contribution in [2.75, 3.05) is 30.8 Å². The maximum atomic E-state index is 13.3. The average molecular weight is 583 g/mol. The van der Waals surface area contributed by atoms with E-state index in [1.165, 1.54) is 11.4 Å². The number of hydrogen-bond acceptors (Lipinski definition) is 5. The number of sulfonamides is 1. The number of anilines is 1. The van der Waals surface area contributed by atoms with Crippen LogP contribution in [0.15, 0.2) is 53.0 Å². The number of carbonyl (C=O) groups excluding carboxylic acids is 2. The zero-order chi connectivity index (χ0) is 26.7. The number of halogens is 1. The van der Waals surface area contributed by atoms with Crippen LogP contribution in [0.3, 0.4) is 0 Å². The van der Waals surface area contributed by atoms with E-state index in [1.54, 1.807) is 36.1 Å². The third-order valence-corrected chi connectivity index (χ3v) is 7.42. The second-order valence-electron chi connectivity index (χ2n) is 8.61. The third-order valence-electron chi connectivity index (χ3n) is 5.73. The van der Waals surface area contributed by atoms with Gasteiger partial charge in [0.25, 0.3) is 0 Å². The Morgan fingerprint density at radius 2 is 1.83 bits per heavy atom. The van der Waals surface area contributed by atoms with E-state index in [0.29, 0.717) is 24.4 Å². The van der Waals surface area contributed by atoms with Gasteiger partial charge < -0.3 is 15.0 Å². The molecule has 0 heterocycles. The van der Waals surface area contributed by atoms with Crippen LogP contribution in [0.5, 0.6) is 5.75 Å². The van der Waals surface area contributed by atoms with Gasteiger partial charge in [0, 0.05) is 36.6 Å². The molecule has 2 aromatic rings. The van der Waals surface area contributed by atoms with Crippen molar-refractivity contribution in [3.05, 3.63) is 58.6 Å². The third kappa shape index (κ3) is 9.13. The van der Waals surface area contributed by atoms with Crippen molar-refractivity contribution < 1.29 is 22.7 Å². The van der Waals surface area contributed by atoms with E-state index < -0.39 is 16.1 Å². The minimum Gasteiger partial charge on any atom is -0.497 e. The highest BCUT2D eigenvalue weighted by Crippen LogP contribution is 2.24. The molecular weight excluding hydrogens is 546 g/mol. The summed E-state index contributed by atoms with van der Waals surface area (Å²) in [4.78, 5) is 27.6. The summed E-state index contributed by atoms with van der Waals surface area (Å²) in [6.07, 6.45) is 3.35. The number of methoxy groups -OCH3 is 1. The molecule has 0 aliphatic rings. The zero-order valence-corrected chi connectivity index (χ0v) is 23.8. The first-order valence-corrected chi connectivity index (χ1v) is 14.6. The molecule has 0 aliphatic carbocycles. The topological polar surface area (TPSA) is 96.0 Å². The lowest BCUT2D eigenvalue weighted by atomic mass is 10.1. The molecule has 0 spiro atoms. The van der Waals surface area contributed by atoms with E-state index >= 15 is 0 Å². The van der Waals surface area contributed by atoms with Gasteiger partial charge in [-0.1, -0.05) is 47.5 Å². The molecule has 0 aromatic heterocycles. The van der Waals surface area contributed by atoms with E-state index in [2.05, 4.69) is 21.2 Å². The summed E-state index contributed by atoms with van der Waals surface area (Å²) in [5.74, 6) is 0.119. The second-order valence-corrected chi connectivity index (χ2v) is 11.4. The number of nitrogens with zero attached hydrogens (tertiary/aromatic N) is 2. The van der Waals surface area contributed by atoms with Crippen LogP contribution in [0.25, 0.3) is 0 Å². The Morgan fingerprint density at radius 1 is 1.11 bits per heavy atom. The normalized spacial score (nSPS) is 12.0. The molecule has 8 nitrogen and oxygen atoms in total. The van der Waals surface area contributed by atoms with Gasteiger partial charge in [0.05, 0.1) is 19.1 Å². The molecule has 2 rings (SSSR count). The number of rotatable bonds is 14. The number of hydrogen-bond donors (Lipinski definition) is 1. The quantitative estimate of drug-likeness (QED) is 0.335. The molecule has 1 N–H and O–H groups in total. The molecule has 1 unspecified atom stereocenters. The minimum absolute atomic E-state index is 0.0938. The van der Waals surface area contributed by atoms with Crippen molar-refractivity contribution in [2.45, 2.75) is 52.1 Å². The number of amides is 2. The van der Waals surface area contributed by atoms with Gasteiger partial charge in [0.1, 0.15) is 11.8 Å². The largest absolute Gasteiger partial charge is 0.497 e. The Labute approximate surface area is 223 Å². The van der Waals surface area contributed by atoms with Crippen LogP contribution in [0.4, 0.5) is 5.69 Å². The van der Waals surface area contributed by atoms with Crippen molar-refractivity contribution in [1.29, 1.82) is 0 Å². The first-order chi connectivity index (χ1) is 17.1. The van der Waals surface area contributed by atoms with Crippen molar-refractivity contribution in [1.82, 2.24) is 10.2 Å². The van der Waals surface area contributed by atoms with Crippen LogP contribution in [0, 0.1) is 0 Å². The van der Waals surface area contributed by atoms with Crippen molar-refractivity contribution in [3.8, 4) is 5.75 Å². The lowest BCUT2D eigenvalue weighted by Crippen LogP contribution is -2.48. The Morgan fingerprint density at radius 3 is 2.47 bits per heavy atom. The number of benzene rings is 2. The molecule has 0 saturated carbocycles. The van der Waals surface area contributed by atoms with Gasteiger partial charge in [0.2, 0.25) is 21.8 Å². The molecule has 2 amide bonds. The van der Waals surface area contributed by atoms with Crippen molar-refractivity contribution in [2.24, 2.45) is 0 Å². The van der Waals surface area contributed by atoms with Crippen LogP contribution in [0.1, 0.15) is 45.1 Å². The summed E-state index contributed by atoms with van der Waals surface area (Å²) in [6, 6.07) is 13.7. The van der Waals surface area contributed by atoms with Crippen LogP contribution in [-0.4, -0.2) is 57.6 Å². The summed E-state index contributed by atoms with van der Waals surface area (Å²) in [7, 11) is -2.06. The molecule has 0 aliphatic heterocycles. The van der Waals surface area contributed by atoms with E-state index in [4.69, 9.17) is 4.74 Å². The summed E-state index contributed by atoms with van der Waals surface area (Å²) in [6.45, 7) is 4.72. The highest BCUT2D eigenvalue weighted by atomic mass is 79.9. The molecule has 36 heavy (non-hydrogen) atoms. The van der Waals surface area contributed by atoms with E-state index in [1.807, 2.05) is 31.2 Å². The van der Waals surface area contributed by atoms with Crippen molar-refractivity contribution in [3.63, 3.8) is 0 Å². The highest BCUT2D eigenvalue weighted by Gasteiger charge is 2.26. The number of ether oxygens (including phenoxy) is 1. The minimum atomic E-state index is -3.57. The fraction of sp³-hybridized carbons (Fsp3) is 0.462. The summed E-state index contributed by atoms with van der Waals surface area (Å²) in [5.41, 5.74) is 1.36. The molecule has 0 radical (unpaired) electrons. The Balaban J connectivity index is 2.16. The molecule has 0 saturated heterocycles. The molecule has 1 atom stereocenters. The van der Waals surface area contributed by atoms with Gasteiger partial charge in [0.15, 0.2) is 0 Å². The smallest absolute Gasteiger partial charge is 0.242 e. The molecule has 10 heteroatoms. The Bertz CT molecular complexity index is 1130. The maximum absolute atomic E-state index is 13.3. The van der Waals surface area contributed by atoms with Gasteiger partial charge in [-0.15, -0.1) is 0 Å². The van der Waals surface area contributed by atoms with Gasteiger partial charge in [-0.3, -0.25) is 13.9 Å². The summed E-state index contributed by atoms with van der Waals surface area (Å²) in [5, 5.41) is 2.90. The van der Waals surface area contributed by atoms with Crippen LogP contribution < -0.4 is 14.4 Å². The number of carbonyl (C=O) groups is 2. The zero-order valence-electron chi connectivity index (χ0n) is 21.4. The predicted molar refractivity (Wildman–Crippen MR) is 146 cm³/mol. The standard InChI is InChI=1S/C26H36BrN3O5S/c1-5-6-15-28-26(32)20(2)29(19-21-10-7-11-22(27)17-21)25(31)14-9-16-30(36(4,33)34)23-12-8-13-24(18-23)35-3/h7-8,10-13,17-18,20H,5-6,9,14-16,19H2,1-4H3,(H,28,32). The number of unbranched alkanes of at least 4 members (excludes halogenated alkanes) is 1. The highest BCUT2D eigenvalue weighted by molar-refractivity contribution is 9.10. The molecule has 0 fully saturated rings.